The van der Waals surface area contributed by atoms with E-state index in [1.807, 2.05) is 0 Å². The van der Waals surface area contributed by atoms with Crippen molar-refractivity contribution in [2.75, 3.05) is 0 Å². The van der Waals surface area contributed by atoms with E-state index in [2.05, 4.69) is 13.8 Å². The fraction of sp³-hybridized carbons (Fsp3) is 0.875. The molecular formula is C8H16O2. The van der Waals surface area contributed by atoms with Crippen molar-refractivity contribution in [2.24, 2.45) is 5.92 Å². The van der Waals surface area contributed by atoms with Crippen LogP contribution in [0, 0.1) is 5.92 Å². The molecule has 60 valence electrons. The third-order valence-electron chi connectivity index (χ3n) is 1.36. The Balaban J connectivity index is 3.24. The fourth-order valence-corrected chi connectivity index (χ4v) is 0.922. The van der Waals surface area contributed by atoms with Gasteiger partial charge in [-0.25, -0.2) is 0 Å². The molecule has 0 aliphatic carbocycles. The lowest BCUT2D eigenvalue weighted by atomic mass is 10.0. The van der Waals surface area contributed by atoms with E-state index in [0.717, 1.165) is 12.7 Å². The van der Waals surface area contributed by atoms with E-state index in [1.165, 1.54) is 0 Å². The molecule has 2 nitrogen and oxygen atoms in total. The Morgan fingerprint density at radius 2 is 2.10 bits per heavy atom. The van der Waals surface area contributed by atoms with Crippen LogP contribution in [-0.2, 0) is 4.79 Å². The second kappa shape index (κ2) is 5.42. The smallest absolute Gasteiger partial charge is 0.120 e. The molecule has 0 aliphatic heterocycles. The molecule has 1 unspecified atom stereocenters. The van der Waals surface area contributed by atoms with Gasteiger partial charge in [-0.3, -0.25) is 0 Å². The zero-order valence-corrected chi connectivity index (χ0v) is 6.71. The first-order valence-corrected chi connectivity index (χ1v) is 3.78. The molecule has 0 aromatic heterocycles. The summed E-state index contributed by atoms with van der Waals surface area (Å²) < 4.78 is 0. The van der Waals surface area contributed by atoms with Crippen molar-refractivity contribution in [3.63, 3.8) is 0 Å². The molecule has 1 atom stereocenters. The Morgan fingerprint density at radius 3 is 2.50 bits per heavy atom. The molecular weight excluding hydrogens is 128 g/mol. The lowest BCUT2D eigenvalue weighted by Gasteiger charge is -2.10. The molecule has 0 heterocycles. The van der Waals surface area contributed by atoms with Gasteiger partial charge in [-0.05, 0) is 18.8 Å². The van der Waals surface area contributed by atoms with Crippen LogP contribution >= 0.6 is 0 Å². The summed E-state index contributed by atoms with van der Waals surface area (Å²) in [7, 11) is 0. The highest BCUT2D eigenvalue weighted by molar-refractivity contribution is 5.49. The van der Waals surface area contributed by atoms with Crippen molar-refractivity contribution in [1.82, 2.24) is 0 Å². The van der Waals surface area contributed by atoms with Gasteiger partial charge in [0.15, 0.2) is 0 Å². The molecule has 0 rings (SSSR count). The zero-order chi connectivity index (χ0) is 7.98. The van der Waals surface area contributed by atoms with Crippen molar-refractivity contribution in [1.29, 1.82) is 0 Å². The largest absolute Gasteiger partial charge is 0.393 e. The molecule has 1 N–H and O–H groups in total. The van der Waals surface area contributed by atoms with Gasteiger partial charge < -0.3 is 9.90 Å². The molecule has 0 aromatic rings. The number of carbonyl (C=O) groups excluding carboxylic acids is 1. The van der Waals surface area contributed by atoms with Gasteiger partial charge in [0.2, 0.25) is 0 Å². The van der Waals surface area contributed by atoms with Crippen LogP contribution in [0.4, 0.5) is 0 Å². The maximum atomic E-state index is 9.88. The normalized spacial score (nSPS) is 13.6. The first-order valence-electron chi connectivity index (χ1n) is 3.78. The van der Waals surface area contributed by atoms with E-state index in [9.17, 15) is 9.90 Å². The highest BCUT2D eigenvalue weighted by Crippen LogP contribution is 2.08. The quantitative estimate of drug-likeness (QED) is 0.592. The van der Waals surface area contributed by atoms with Crippen LogP contribution in [0.15, 0.2) is 0 Å². The van der Waals surface area contributed by atoms with Crippen molar-refractivity contribution in [3.8, 4) is 0 Å². The van der Waals surface area contributed by atoms with E-state index in [0.29, 0.717) is 18.8 Å². The summed E-state index contributed by atoms with van der Waals surface area (Å²) >= 11 is 0. The first kappa shape index (κ1) is 9.63. The van der Waals surface area contributed by atoms with E-state index < -0.39 is 0 Å². The number of carbonyl (C=O) groups is 1. The fourth-order valence-electron chi connectivity index (χ4n) is 0.922. The topological polar surface area (TPSA) is 37.3 Å². The SMILES string of the molecule is CC(C)CC(O)CCC=O. The predicted molar refractivity (Wildman–Crippen MR) is 40.8 cm³/mol. The Hall–Kier alpha value is -0.370. The standard InChI is InChI=1S/C8H16O2/c1-7(2)6-8(10)4-3-5-9/h5,7-8,10H,3-4,6H2,1-2H3. The highest BCUT2D eigenvalue weighted by Gasteiger charge is 2.05. The Kier molecular flexibility index (Phi) is 5.22. The number of aliphatic hydroxyl groups excluding tert-OH is 1. The van der Waals surface area contributed by atoms with Crippen molar-refractivity contribution in [3.05, 3.63) is 0 Å². The minimum atomic E-state index is -0.287. The Morgan fingerprint density at radius 1 is 1.50 bits per heavy atom. The molecule has 0 aliphatic rings. The number of aliphatic hydroxyl groups is 1. The highest BCUT2D eigenvalue weighted by atomic mass is 16.3. The van der Waals surface area contributed by atoms with Crippen LogP contribution in [0.3, 0.4) is 0 Å². The molecule has 0 fully saturated rings. The van der Waals surface area contributed by atoms with Crippen LogP contribution in [0.25, 0.3) is 0 Å². The van der Waals surface area contributed by atoms with Gasteiger partial charge in [0, 0.05) is 6.42 Å². The average Bonchev–Trinajstić information content (AvgIpc) is 1.82. The third-order valence-corrected chi connectivity index (χ3v) is 1.36. The summed E-state index contributed by atoms with van der Waals surface area (Å²) in [6.45, 7) is 4.12. The number of rotatable bonds is 5. The Labute approximate surface area is 62.2 Å². The molecule has 0 saturated carbocycles. The third kappa shape index (κ3) is 5.76. The molecule has 0 radical (unpaired) electrons. The minimum absolute atomic E-state index is 0.287. The van der Waals surface area contributed by atoms with E-state index in [-0.39, 0.29) is 6.10 Å². The molecule has 0 saturated heterocycles. The molecule has 10 heavy (non-hydrogen) atoms. The van der Waals surface area contributed by atoms with Gasteiger partial charge >= 0.3 is 0 Å². The molecule has 0 bridgehead atoms. The molecule has 2 heteroatoms. The lowest BCUT2D eigenvalue weighted by molar-refractivity contribution is -0.108. The van der Waals surface area contributed by atoms with Gasteiger partial charge in [0.25, 0.3) is 0 Å². The second-order valence-corrected chi connectivity index (χ2v) is 3.03. The lowest BCUT2D eigenvalue weighted by Crippen LogP contribution is -2.09. The predicted octanol–water partition coefficient (Wildman–Crippen LogP) is 1.37. The zero-order valence-electron chi connectivity index (χ0n) is 6.71. The van der Waals surface area contributed by atoms with E-state index in [4.69, 9.17) is 0 Å². The summed E-state index contributed by atoms with van der Waals surface area (Å²) in [5.41, 5.74) is 0. The van der Waals surface area contributed by atoms with Crippen LogP contribution in [0.5, 0.6) is 0 Å². The maximum Gasteiger partial charge on any atom is 0.120 e. The monoisotopic (exact) mass is 144 g/mol. The van der Waals surface area contributed by atoms with E-state index >= 15 is 0 Å². The summed E-state index contributed by atoms with van der Waals surface area (Å²) in [4.78, 5) is 9.88. The minimum Gasteiger partial charge on any atom is -0.393 e. The number of hydrogen-bond acceptors (Lipinski definition) is 2. The van der Waals surface area contributed by atoms with Crippen molar-refractivity contribution < 1.29 is 9.90 Å². The summed E-state index contributed by atoms with van der Waals surface area (Å²) in [5.74, 6) is 0.515. The van der Waals surface area contributed by atoms with Gasteiger partial charge in [-0.2, -0.15) is 0 Å². The van der Waals surface area contributed by atoms with Crippen LogP contribution in [-0.4, -0.2) is 17.5 Å². The average molecular weight is 144 g/mol. The first-order chi connectivity index (χ1) is 4.66. The molecule has 0 spiro atoms. The van der Waals surface area contributed by atoms with Crippen molar-refractivity contribution in [2.45, 2.75) is 39.2 Å². The van der Waals surface area contributed by atoms with Crippen molar-refractivity contribution >= 4 is 6.29 Å². The van der Waals surface area contributed by atoms with Gasteiger partial charge in [0.1, 0.15) is 6.29 Å². The van der Waals surface area contributed by atoms with Gasteiger partial charge in [-0.15, -0.1) is 0 Å². The van der Waals surface area contributed by atoms with E-state index in [1.54, 1.807) is 0 Å². The molecule has 0 aromatic carbocycles. The summed E-state index contributed by atoms with van der Waals surface area (Å²) in [5, 5.41) is 9.19. The van der Waals surface area contributed by atoms with Crippen LogP contribution in [0.2, 0.25) is 0 Å². The maximum absolute atomic E-state index is 9.88. The second-order valence-electron chi connectivity index (χ2n) is 3.03. The molecule has 0 amide bonds. The summed E-state index contributed by atoms with van der Waals surface area (Å²) in [6, 6.07) is 0. The summed E-state index contributed by atoms with van der Waals surface area (Å²) in [6.07, 6.45) is 2.46. The van der Waals surface area contributed by atoms with Crippen LogP contribution < -0.4 is 0 Å². The number of hydrogen-bond donors (Lipinski definition) is 1. The van der Waals surface area contributed by atoms with Gasteiger partial charge in [0.05, 0.1) is 6.10 Å². The Bertz CT molecular complexity index is 89.3. The van der Waals surface area contributed by atoms with Gasteiger partial charge in [-0.1, -0.05) is 13.8 Å². The number of aldehydes is 1. The van der Waals surface area contributed by atoms with Crippen LogP contribution in [0.1, 0.15) is 33.1 Å².